The minimum atomic E-state index is -4.31. The van der Waals surface area contributed by atoms with Crippen molar-refractivity contribution < 1.29 is 22.7 Å². The fraction of sp³-hybridized carbons (Fsp3) is 0.636. The number of hydrogen-bond acceptors (Lipinski definition) is 3. The summed E-state index contributed by atoms with van der Waals surface area (Å²) in [5, 5.41) is 9.07. The van der Waals surface area contributed by atoms with Crippen molar-refractivity contribution in [1.29, 1.82) is 0 Å². The summed E-state index contributed by atoms with van der Waals surface area (Å²) in [7, 11) is 0. The van der Waals surface area contributed by atoms with E-state index in [4.69, 9.17) is 0 Å². The van der Waals surface area contributed by atoms with Gasteiger partial charge in [0.15, 0.2) is 0 Å². The molecule has 1 heterocycles. The van der Waals surface area contributed by atoms with E-state index in [2.05, 4.69) is 20.3 Å². The van der Waals surface area contributed by atoms with Gasteiger partial charge in [-0.05, 0) is 18.9 Å². The summed E-state index contributed by atoms with van der Waals surface area (Å²) in [5.41, 5.74) is 1.12. The molecule has 0 aromatic carbocycles. The Morgan fingerprint density at radius 2 is 2.26 bits per heavy atom. The van der Waals surface area contributed by atoms with Crippen LogP contribution in [0.25, 0.3) is 0 Å². The summed E-state index contributed by atoms with van der Waals surface area (Å²) < 4.78 is 39.6. The smallest absolute Gasteiger partial charge is 0.372 e. The minimum absolute atomic E-state index is 0.0550. The molecule has 0 fully saturated rings. The number of amides is 1. The number of hydrogen-bond donors (Lipinski definition) is 2. The number of aryl methyl sites for hydroxylation is 1. The number of carbonyl (C=O) groups is 1. The van der Waals surface area contributed by atoms with Crippen LogP contribution < -0.4 is 5.32 Å². The van der Waals surface area contributed by atoms with E-state index in [1.807, 2.05) is 6.92 Å². The summed E-state index contributed by atoms with van der Waals surface area (Å²) in [6, 6.07) is 1.63. The normalized spacial score (nSPS) is 11.6. The Labute approximate surface area is 108 Å². The molecule has 0 aliphatic rings. The first kappa shape index (κ1) is 15.5. The maximum absolute atomic E-state index is 11.7. The summed E-state index contributed by atoms with van der Waals surface area (Å²) in [6.45, 7) is 0.846. The number of nitrogens with one attached hydrogen (secondary N) is 2. The molecule has 8 heteroatoms. The number of alkyl halides is 3. The second-order valence-corrected chi connectivity index (χ2v) is 3.91. The van der Waals surface area contributed by atoms with Gasteiger partial charge in [-0.3, -0.25) is 9.89 Å². The van der Waals surface area contributed by atoms with Crippen LogP contribution in [0.5, 0.6) is 0 Å². The molecule has 1 amide bonds. The monoisotopic (exact) mass is 279 g/mol. The van der Waals surface area contributed by atoms with E-state index >= 15 is 0 Å². The van der Waals surface area contributed by atoms with Gasteiger partial charge in [0.25, 0.3) is 5.91 Å². The molecule has 1 aromatic heterocycles. The van der Waals surface area contributed by atoms with Gasteiger partial charge in [0.2, 0.25) is 0 Å². The Morgan fingerprint density at radius 1 is 1.53 bits per heavy atom. The first-order chi connectivity index (χ1) is 8.92. The zero-order valence-corrected chi connectivity index (χ0v) is 10.5. The van der Waals surface area contributed by atoms with E-state index in [0.717, 1.165) is 12.1 Å². The molecule has 0 aliphatic carbocycles. The van der Waals surface area contributed by atoms with E-state index in [-0.39, 0.29) is 24.8 Å². The largest absolute Gasteiger partial charge is 0.411 e. The van der Waals surface area contributed by atoms with Crippen LogP contribution in [0, 0.1) is 0 Å². The zero-order valence-electron chi connectivity index (χ0n) is 10.5. The highest BCUT2D eigenvalue weighted by molar-refractivity contribution is 5.92. The highest BCUT2D eigenvalue weighted by atomic mass is 19.4. The molecule has 0 spiro atoms. The lowest BCUT2D eigenvalue weighted by molar-refractivity contribution is -0.173. The van der Waals surface area contributed by atoms with Crippen molar-refractivity contribution in [3.8, 4) is 0 Å². The average molecular weight is 279 g/mol. The van der Waals surface area contributed by atoms with Crippen molar-refractivity contribution in [2.45, 2.75) is 25.9 Å². The maximum atomic E-state index is 11.7. The minimum Gasteiger partial charge on any atom is -0.372 e. The molecule has 1 aromatic rings. The second-order valence-electron chi connectivity index (χ2n) is 3.91. The van der Waals surface area contributed by atoms with Crippen LogP contribution in [0.4, 0.5) is 13.2 Å². The third kappa shape index (κ3) is 6.23. The number of H-pyrrole nitrogens is 1. The zero-order chi connectivity index (χ0) is 14.3. The number of carbonyl (C=O) groups excluding carboxylic acids is 1. The third-order valence-electron chi connectivity index (χ3n) is 2.26. The lowest BCUT2D eigenvalue weighted by atomic mass is 10.3. The van der Waals surface area contributed by atoms with Gasteiger partial charge >= 0.3 is 6.18 Å². The molecule has 0 atom stereocenters. The Bertz CT molecular complexity index is 404. The number of rotatable bonds is 7. The molecule has 108 valence electrons. The lowest BCUT2D eigenvalue weighted by Crippen LogP contribution is -2.26. The van der Waals surface area contributed by atoms with Gasteiger partial charge in [0.05, 0.1) is 0 Å². The number of ether oxygens (including phenoxy) is 1. The molecule has 0 saturated heterocycles. The topological polar surface area (TPSA) is 67.0 Å². The van der Waals surface area contributed by atoms with Crippen LogP contribution in [0.15, 0.2) is 6.07 Å². The van der Waals surface area contributed by atoms with Crippen molar-refractivity contribution >= 4 is 5.91 Å². The summed E-state index contributed by atoms with van der Waals surface area (Å²) in [6.07, 6.45) is -3.26. The van der Waals surface area contributed by atoms with Gasteiger partial charge in [-0.1, -0.05) is 6.92 Å². The fourth-order valence-corrected chi connectivity index (χ4v) is 1.31. The van der Waals surface area contributed by atoms with E-state index in [1.165, 1.54) is 0 Å². The van der Waals surface area contributed by atoms with Crippen LogP contribution in [-0.4, -0.2) is 42.0 Å². The van der Waals surface area contributed by atoms with Gasteiger partial charge in [-0.25, -0.2) is 0 Å². The highest BCUT2D eigenvalue weighted by Gasteiger charge is 2.27. The Balaban J connectivity index is 2.14. The average Bonchev–Trinajstić information content (AvgIpc) is 2.80. The van der Waals surface area contributed by atoms with E-state index in [0.29, 0.717) is 6.42 Å². The fourth-order valence-electron chi connectivity index (χ4n) is 1.31. The molecule has 2 N–H and O–H groups in total. The van der Waals surface area contributed by atoms with Crippen LogP contribution in [0.1, 0.15) is 29.5 Å². The van der Waals surface area contributed by atoms with E-state index in [9.17, 15) is 18.0 Å². The quantitative estimate of drug-likeness (QED) is 0.746. The van der Waals surface area contributed by atoms with Gasteiger partial charge in [-0.15, -0.1) is 0 Å². The van der Waals surface area contributed by atoms with Crippen LogP contribution >= 0.6 is 0 Å². The third-order valence-corrected chi connectivity index (χ3v) is 2.26. The molecule has 19 heavy (non-hydrogen) atoms. The van der Waals surface area contributed by atoms with Crippen molar-refractivity contribution in [2.24, 2.45) is 0 Å². The molecular weight excluding hydrogens is 263 g/mol. The predicted octanol–water partition coefficient (Wildman–Crippen LogP) is 1.67. The predicted molar refractivity (Wildman–Crippen MR) is 61.8 cm³/mol. The first-order valence-electron chi connectivity index (χ1n) is 5.89. The molecule has 0 unspecified atom stereocenters. The molecule has 0 saturated carbocycles. The van der Waals surface area contributed by atoms with Gasteiger partial charge in [-0.2, -0.15) is 18.3 Å². The second kappa shape index (κ2) is 7.13. The SMILES string of the molecule is CCc1cc(C(=O)NCCCOCC(F)(F)F)n[nH]1. The Morgan fingerprint density at radius 3 is 2.84 bits per heavy atom. The summed E-state index contributed by atoms with van der Waals surface area (Å²) in [5.74, 6) is -0.355. The number of aromatic amines is 1. The van der Waals surface area contributed by atoms with Gasteiger partial charge < -0.3 is 10.1 Å². The lowest BCUT2D eigenvalue weighted by Gasteiger charge is -2.07. The molecule has 0 aliphatic heterocycles. The molecular formula is C11H16F3N3O2. The van der Waals surface area contributed by atoms with Crippen LogP contribution in [-0.2, 0) is 11.2 Å². The standard InChI is InChI=1S/C11H16F3N3O2/c1-2-8-6-9(17-16-8)10(18)15-4-3-5-19-7-11(12,13)14/h6H,2-5,7H2,1H3,(H,15,18)(H,16,17). The van der Waals surface area contributed by atoms with Gasteiger partial charge in [0, 0.05) is 18.8 Å². The van der Waals surface area contributed by atoms with Crippen LogP contribution in [0.3, 0.4) is 0 Å². The Hall–Kier alpha value is -1.57. The summed E-state index contributed by atoms with van der Waals surface area (Å²) in [4.78, 5) is 11.6. The first-order valence-corrected chi connectivity index (χ1v) is 5.89. The molecule has 5 nitrogen and oxygen atoms in total. The van der Waals surface area contributed by atoms with E-state index in [1.54, 1.807) is 6.07 Å². The van der Waals surface area contributed by atoms with Crippen molar-refractivity contribution in [1.82, 2.24) is 15.5 Å². The van der Waals surface area contributed by atoms with Crippen molar-refractivity contribution in [3.63, 3.8) is 0 Å². The highest BCUT2D eigenvalue weighted by Crippen LogP contribution is 2.14. The molecule has 1 rings (SSSR count). The number of aromatic nitrogens is 2. The van der Waals surface area contributed by atoms with E-state index < -0.39 is 12.8 Å². The van der Waals surface area contributed by atoms with Crippen LogP contribution in [0.2, 0.25) is 0 Å². The van der Waals surface area contributed by atoms with Gasteiger partial charge in [0.1, 0.15) is 12.3 Å². The molecule has 0 radical (unpaired) electrons. The van der Waals surface area contributed by atoms with Crippen molar-refractivity contribution in [2.75, 3.05) is 19.8 Å². The maximum Gasteiger partial charge on any atom is 0.411 e. The number of nitrogens with zero attached hydrogens (tertiary/aromatic N) is 1. The Kier molecular flexibility index (Phi) is 5.81. The molecule has 0 bridgehead atoms. The summed E-state index contributed by atoms with van der Waals surface area (Å²) >= 11 is 0. The number of halogens is 3. The van der Waals surface area contributed by atoms with Crippen molar-refractivity contribution in [3.05, 3.63) is 17.5 Å².